The van der Waals surface area contributed by atoms with Gasteiger partial charge < -0.3 is 10.6 Å². The number of piperidine rings is 1. The van der Waals surface area contributed by atoms with E-state index in [1.54, 1.807) is 0 Å². The fourth-order valence-corrected chi connectivity index (χ4v) is 2.50. The minimum atomic E-state index is 0.270. The molecule has 0 atom stereocenters. The number of hydrogen-bond acceptors (Lipinski definition) is 2. The van der Waals surface area contributed by atoms with Crippen LogP contribution in [0.5, 0.6) is 0 Å². The van der Waals surface area contributed by atoms with Crippen LogP contribution in [-0.2, 0) is 17.6 Å². The van der Waals surface area contributed by atoms with Gasteiger partial charge >= 0.3 is 0 Å². The Kier molecular flexibility index (Phi) is 4.97. The molecule has 2 rings (SSSR count). The van der Waals surface area contributed by atoms with Gasteiger partial charge in [-0.2, -0.15) is 0 Å². The molecule has 1 aliphatic heterocycles. The van der Waals surface area contributed by atoms with Gasteiger partial charge in [0, 0.05) is 25.6 Å². The molecule has 2 N–H and O–H groups in total. The molecular weight excluding hydrogens is 236 g/mol. The van der Waals surface area contributed by atoms with E-state index in [9.17, 15) is 4.79 Å². The maximum Gasteiger partial charge on any atom is 0.222 e. The number of benzene rings is 1. The first kappa shape index (κ1) is 14.1. The molecule has 0 aromatic heterocycles. The summed E-state index contributed by atoms with van der Waals surface area (Å²) in [7, 11) is 0. The van der Waals surface area contributed by atoms with Crippen molar-refractivity contribution in [1.29, 1.82) is 0 Å². The second-order valence-electron chi connectivity index (χ2n) is 5.39. The highest BCUT2D eigenvalue weighted by Crippen LogP contribution is 2.12. The molecule has 1 heterocycles. The summed E-state index contributed by atoms with van der Waals surface area (Å²) in [6, 6.07) is 8.86. The van der Waals surface area contributed by atoms with E-state index in [4.69, 9.17) is 5.73 Å². The maximum absolute atomic E-state index is 12.1. The minimum absolute atomic E-state index is 0.270. The lowest BCUT2D eigenvalue weighted by Crippen LogP contribution is -2.42. The Hall–Kier alpha value is -1.35. The second-order valence-corrected chi connectivity index (χ2v) is 5.39. The predicted octanol–water partition coefficient (Wildman–Crippen LogP) is 2.13. The van der Waals surface area contributed by atoms with Crippen LogP contribution in [0, 0.1) is 0 Å². The van der Waals surface area contributed by atoms with Gasteiger partial charge in [-0.3, -0.25) is 4.79 Å². The number of rotatable bonds is 4. The molecule has 1 aromatic rings. The van der Waals surface area contributed by atoms with Crippen molar-refractivity contribution < 1.29 is 4.79 Å². The lowest BCUT2D eigenvalue weighted by molar-refractivity contribution is -0.132. The Morgan fingerprint density at radius 1 is 1.21 bits per heavy atom. The molecule has 3 heteroatoms. The van der Waals surface area contributed by atoms with Crippen LogP contribution in [0.15, 0.2) is 24.3 Å². The topological polar surface area (TPSA) is 46.3 Å². The van der Waals surface area contributed by atoms with E-state index < -0.39 is 0 Å². The van der Waals surface area contributed by atoms with E-state index in [0.717, 1.165) is 38.8 Å². The lowest BCUT2D eigenvalue weighted by Gasteiger charge is -2.30. The molecule has 104 valence electrons. The van der Waals surface area contributed by atoms with Crippen LogP contribution < -0.4 is 5.73 Å². The van der Waals surface area contributed by atoms with Crippen molar-refractivity contribution in [3.8, 4) is 0 Å². The monoisotopic (exact) mass is 260 g/mol. The van der Waals surface area contributed by atoms with Crippen molar-refractivity contribution in [2.24, 2.45) is 5.73 Å². The fourth-order valence-electron chi connectivity index (χ4n) is 2.50. The van der Waals surface area contributed by atoms with E-state index in [0.29, 0.717) is 6.42 Å². The molecule has 1 amide bonds. The van der Waals surface area contributed by atoms with Gasteiger partial charge in [0.15, 0.2) is 0 Å². The molecule has 0 saturated carbocycles. The number of amides is 1. The molecule has 3 nitrogen and oxygen atoms in total. The normalized spacial score (nSPS) is 16.6. The first-order valence-corrected chi connectivity index (χ1v) is 7.30. The zero-order valence-corrected chi connectivity index (χ0v) is 11.8. The standard InChI is InChI=1S/C16H24N2O/c1-2-13-3-5-14(6-4-13)7-8-16(19)18-11-9-15(17)10-12-18/h3-6,15H,2,7-12,17H2,1H3. The highest BCUT2D eigenvalue weighted by atomic mass is 16.2. The molecule has 0 spiro atoms. The SMILES string of the molecule is CCc1ccc(CCC(=O)N2CCC(N)CC2)cc1. The Balaban J connectivity index is 1.79. The molecule has 1 aromatic carbocycles. The van der Waals surface area contributed by atoms with Crippen LogP contribution >= 0.6 is 0 Å². The third kappa shape index (κ3) is 4.06. The molecule has 1 aliphatic rings. The zero-order valence-electron chi connectivity index (χ0n) is 11.8. The van der Waals surface area contributed by atoms with Crippen molar-refractivity contribution in [1.82, 2.24) is 4.90 Å². The number of carbonyl (C=O) groups is 1. The Labute approximate surface area is 115 Å². The summed E-state index contributed by atoms with van der Waals surface area (Å²) in [4.78, 5) is 14.0. The summed E-state index contributed by atoms with van der Waals surface area (Å²) in [6.07, 6.45) is 4.40. The molecule has 0 radical (unpaired) electrons. The van der Waals surface area contributed by atoms with Gasteiger partial charge in [-0.05, 0) is 36.8 Å². The van der Waals surface area contributed by atoms with E-state index in [2.05, 4.69) is 31.2 Å². The molecule has 0 unspecified atom stereocenters. The fraction of sp³-hybridized carbons (Fsp3) is 0.562. The van der Waals surface area contributed by atoms with Gasteiger partial charge in [0.1, 0.15) is 0 Å². The third-order valence-electron chi connectivity index (χ3n) is 3.95. The van der Waals surface area contributed by atoms with Gasteiger partial charge in [-0.1, -0.05) is 31.2 Å². The average Bonchev–Trinajstić information content (AvgIpc) is 2.46. The Bertz CT molecular complexity index is 405. The van der Waals surface area contributed by atoms with E-state index in [-0.39, 0.29) is 11.9 Å². The average molecular weight is 260 g/mol. The van der Waals surface area contributed by atoms with Crippen molar-refractivity contribution in [2.75, 3.05) is 13.1 Å². The summed E-state index contributed by atoms with van der Waals surface area (Å²) >= 11 is 0. The number of likely N-dealkylation sites (tertiary alicyclic amines) is 1. The van der Waals surface area contributed by atoms with Crippen LogP contribution in [0.3, 0.4) is 0 Å². The molecule has 0 bridgehead atoms. The predicted molar refractivity (Wildman–Crippen MR) is 77.9 cm³/mol. The number of aryl methyl sites for hydroxylation is 2. The van der Waals surface area contributed by atoms with Crippen molar-refractivity contribution in [3.05, 3.63) is 35.4 Å². The maximum atomic E-state index is 12.1. The van der Waals surface area contributed by atoms with E-state index in [1.165, 1.54) is 11.1 Å². The molecule has 1 saturated heterocycles. The summed E-state index contributed by atoms with van der Waals surface area (Å²) in [5, 5.41) is 0. The molecular formula is C16H24N2O. The third-order valence-corrected chi connectivity index (χ3v) is 3.95. The van der Waals surface area contributed by atoms with Crippen molar-refractivity contribution in [2.45, 2.75) is 45.1 Å². The molecule has 1 fully saturated rings. The zero-order chi connectivity index (χ0) is 13.7. The molecule has 19 heavy (non-hydrogen) atoms. The number of nitrogens with zero attached hydrogens (tertiary/aromatic N) is 1. The van der Waals surface area contributed by atoms with Crippen LogP contribution in [0.25, 0.3) is 0 Å². The lowest BCUT2D eigenvalue weighted by atomic mass is 10.0. The number of carbonyl (C=O) groups excluding carboxylic acids is 1. The number of hydrogen-bond donors (Lipinski definition) is 1. The summed E-state index contributed by atoms with van der Waals surface area (Å²) in [5.74, 6) is 0.270. The van der Waals surface area contributed by atoms with Crippen LogP contribution in [0.1, 0.15) is 37.3 Å². The molecule has 0 aliphatic carbocycles. The van der Waals surface area contributed by atoms with E-state index in [1.807, 2.05) is 4.90 Å². The Morgan fingerprint density at radius 2 is 1.79 bits per heavy atom. The van der Waals surface area contributed by atoms with Gasteiger partial charge in [0.25, 0.3) is 0 Å². The highest BCUT2D eigenvalue weighted by Gasteiger charge is 2.19. The van der Waals surface area contributed by atoms with Crippen molar-refractivity contribution >= 4 is 5.91 Å². The van der Waals surface area contributed by atoms with Gasteiger partial charge in [-0.15, -0.1) is 0 Å². The summed E-state index contributed by atoms with van der Waals surface area (Å²) in [6.45, 7) is 3.81. The minimum Gasteiger partial charge on any atom is -0.343 e. The van der Waals surface area contributed by atoms with Crippen LogP contribution in [-0.4, -0.2) is 29.9 Å². The summed E-state index contributed by atoms with van der Waals surface area (Å²) in [5.41, 5.74) is 8.45. The second kappa shape index (κ2) is 6.71. The quantitative estimate of drug-likeness (QED) is 0.901. The largest absolute Gasteiger partial charge is 0.343 e. The smallest absolute Gasteiger partial charge is 0.222 e. The van der Waals surface area contributed by atoms with Crippen LogP contribution in [0.2, 0.25) is 0 Å². The summed E-state index contributed by atoms with van der Waals surface area (Å²) < 4.78 is 0. The van der Waals surface area contributed by atoms with Gasteiger partial charge in [-0.25, -0.2) is 0 Å². The van der Waals surface area contributed by atoms with Crippen molar-refractivity contribution in [3.63, 3.8) is 0 Å². The first-order chi connectivity index (χ1) is 9.19. The Morgan fingerprint density at radius 3 is 2.37 bits per heavy atom. The van der Waals surface area contributed by atoms with Gasteiger partial charge in [0.2, 0.25) is 5.91 Å². The van der Waals surface area contributed by atoms with Gasteiger partial charge in [0.05, 0.1) is 0 Å². The first-order valence-electron chi connectivity index (χ1n) is 7.30. The van der Waals surface area contributed by atoms with Crippen LogP contribution in [0.4, 0.5) is 0 Å². The highest BCUT2D eigenvalue weighted by molar-refractivity contribution is 5.76. The van der Waals surface area contributed by atoms with E-state index >= 15 is 0 Å². The number of nitrogens with two attached hydrogens (primary N) is 1.